The molecule has 0 saturated carbocycles. The minimum Gasteiger partial charge on any atom is -0.496 e. The van der Waals surface area contributed by atoms with Crippen molar-refractivity contribution in [1.82, 2.24) is 0 Å². The molecule has 0 aliphatic rings. The summed E-state index contributed by atoms with van der Waals surface area (Å²) in [6, 6.07) is 10.5. The zero-order valence-electron chi connectivity index (χ0n) is 10.2. The maximum Gasteiger partial charge on any atom is 0.151 e. The van der Waals surface area contributed by atoms with Crippen molar-refractivity contribution in [3.8, 4) is 5.75 Å². The molecule has 0 aliphatic carbocycles. The van der Waals surface area contributed by atoms with Gasteiger partial charge in [-0.1, -0.05) is 12.1 Å². The lowest BCUT2D eigenvalue weighted by Gasteiger charge is -2.04. The molecule has 2 rings (SSSR count). The Morgan fingerprint density at radius 2 is 1.95 bits per heavy atom. The van der Waals surface area contributed by atoms with Crippen molar-refractivity contribution < 1.29 is 13.5 Å². The van der Waals surface area contributed by atoms with Crippen molar-refractivity contribution >= 4 is 11.9 Å². The lowest BCUT2D eigenvalue weighted by Crippen LogP contribution is -1.96. The zero-order valence-corrected chi connectivity index (χ0v) is 10.2. The number of hydrogen-bond donors (Lipinski definition) is 1. The lowest BCUT2D eigenvalue weighted by molar-refractivity contribution is 0.414. The second kappa shape index (κ2) is 5.95. The molecule has 0 fully saturated rings. The molecule has 0 spiro atoms. The summed E-state index contributed by atoms with van der Waals surface area (Å²) in [6.07, 6.45) is 1.50. The van der Waals surface area contributed by atoms with Crippen LogP contribution in [0.1, 0.15) is 5.56 Å². The molecule has 5 heteroatoms. The first-order valence-corrected chi connectivity index (χ1v) is 5.58. The molecule has 98 valence electrons. The summed E-state index contributed by atoms with van der Waals surface area (Å²) in [5, 5.41) is 3.89. The summed E-state index contributed by atoms with van der Waals surface area (Å²) in [5.41, 5.74) is 3.37. The Morgan fingerprint density at radius 3 is 2.68 bits per heavy atom. The van der Waals surface area contributed by atoms with E-state index in [2.05, 4.69) is 10.5 Å². The van der Waals surface area contributed by atoms with Crippen molar-refractivity contribution in [3.63, 3.8) is 0 Å². The summed E-state index contributed by atoms with van der Waals surface area (Å²) in [7, 11) is 1.56. The number of halogens is 2. The smallest absolute Gasteiger partial charge is 0.151 e. The van der Waals surface area contributed by atoms with Gasteiger partial charge in [0, 0.05) is 11.6 Å². The van der Waals surface area contributed by atoms with E-state index in [9.17, 15) is 8.78 Å². The number of benzene rings is 2. The van der Waals surface area contributed by atoms with Gasteiger partial charge in [-0.3, -0.25) is 5.43 Å². The van der Waals surface area contributed by atoms with Crippen molar-refractivity contribution in [2.24, 2.45) is 5.10 Å². The molecule has 19 heavy (non-hydrogen) atoms. The molecule has 1 N–H and O–H groups in total. The largest absolute Gasteiger partial charge is 0.496 e. The number of methoxy groups -OCH3 is 1. The molecule has 0 radical (unpaired) electrons. The van der Waals surface area contributed by atoms with Crippen LogP contribution in [0.2, 0.25) is 0 Å². The van der Waals surface area contributed by atoms with Gasteiger partial charge in [-0.25, -0.2) is 8.78 Å². The monoisotopic (exact) mass is 262 g/mol. The third-order valence-corrected chi connectivity index (χ3v) is 2.46. The molecule has 0 saturated heterocycles. The van der Waals surface area contributed by atoms with Gasteiger partial charge < -0.3 is 4.74 Å². The van der Waals surface area contributed by atoms with Crippen LogP contribution in [-0.4, -0.2) is 13.3 Å². The van der Waals surface area contributed by atoms with Crippen LogP contribution in [0.3, 0.4) is 0 Å². The predicted molar refractivity (Wildman–Crippen MR) is 70.6 cm³/mol. The molecule has 0 aromatic heterocycles. The number of ether oxygens (including phenoxy) is 1. The highest BCUT2D eigenvalue weighted by atomic mass is 19.1. The maximum absolute atomic E-state index is 13.3. The molecule has 0 unspecified atom stereocenters. The fourth-order valence-electron chi connectivity index (χ4n) is 1.52. The van der Waals surface area contributed by atoms with Crippen LogP contribution in [0.5, 0.6) is 5.75 Å². The van der Waals surface area contributed by atoms with Gasteiger partial charge in [-0.15, -0.1) is 0 Å². The number of hydrogen-bond acceptors (Lipinski definition) is 3. The van der Waals surface area contributed by atoms with E-state index in [4.69, 9.17) is 4.74 Å². The van der Waals surface area contributed by atoms with E-state index >= 15 is 0 Å². The number of hydrazone groups is 1. The quantitative estimate of drug-likeness (QED) is 0.676. The fraction of sp³-hybridized carbons (Fsp3) is 0.0714. The van der Waals surface area contributed by atoms with Crippen molar-refractivity contribution in [2.45, 2.75) is 0 Å². The highest BCUT2D eigenvalue weighted by Crippen LogP contribution is 2.16. The SMILES string of the molecule is COc1ccccc1/C=N/Nc1ccc(F)cc1F. The van der Waals surface area contributed by atoms with E-state index < -0.39 is 11.6 Å². The van der Waals surface area contributed by atoms with Gasteiger partial charge in [0.05, 0.1) is 19.0 Å². The Labute approximate surface area is 109 Å². The second-order valence-electron chi connectivity index (χ2n) is 3.74. The summed E-state index contributed by atoms with van der Waals surface area (Å²) in [5.74, 6) is -0.665. The first kappa shape index (κ1) is 13.0. The summed E-state index contributed by atoms with van der Waals surface area (Å²) >= 11 is 0. The van der Waals surface area contributed by atoms with Gasteiger partial charge >= 0.3 is 0 Å². The van der Waals surface area contributed by atoms with Gasteiger partial charge in [-0.05, 0) is 24.3 Å². The van der Waals surface area contributed by atoms with Crippen LogP contribution in [0.25, 0.3) is 0 Å². The average molecular weight is 262 g/mol. The summed E-state index contributed by atoms with van der Waals surface area (Å²) in [4.78, 5) is 0. The van der Waals surface area contributed by atoms with Crippen LogP contribution < -0.4 is 10.2 Å². The molecule has 2 aromatic carbocycles. The van der Waals surface area contributed by atoms with E-state index in [1.807, 2.05) is 18.2 Å². The molecule has 0 atom stereocenters. The first-order chi connectivity index (χ1) is 9.20. The van der Waals surface area contributed by atoms with Crippen LogP contribution in [0.4, 0.5) is 14.5 Å². The molecule has 2 aromatic rings. The number of rotatable bonds is 4. The van der Waals surface area contributed by atoms with Gasteiger partial charge in [-0.2, -0.15) is 5.10 Å². The van der Waals surface area contributed by atoms with Gasteiger partial charge in [0.1, 0.15) is 11.6 Å². The van der Waals surface area contributed by atoms with Crippen LogP contribution in [0, 0.1) is 11.6 Å². The Bertz CT molecular complexity index is 600. The average Bonchev–Trinajstić information content (AvgIpc) is 2.42. The Morgan fingerprint density at radius 1 is 1.16 bits per heavy atom. The topological polar surface area (TPSA) is 33.6 Å². The predicted octanol–water partition coefficient (Wildman–Crippen LogP) is 3.42. The number of para-hydroxylation sites is 1. The molecular weight excluding hydrogens is 250 g/mol. The van der Waals surface area contributed by atoms with Gasteiger partial charge in [0.2, 0.25) is 0 Å². The van der Waals surface area contributed by atoms with E-state index in [1.165, 1.54) is 12.3 Å². The number of anilines is 1. The normalized spacial score (nSPS) is 10.7. The Hall–Kier alpha value is -2.43. The molecule has 0 heterocycles. The van der Waals surface area contributed by atoms with E-state index in [0.717, 1.165) is 17.7 Å². The van der Waals surface area contributed by atoms with E-state index in [1.54, 1.807) is 13.2 Å². The van der Waals surface area contributed by atoms with Gasteiger partial charge in [0.25, 0.3) is 0 Å². The molecule has 0 bridgehead atoms. The van der Waals surface area contributed by atoms with Gasteiger partial charge in [0.15, 0.2) is 5.82 Å². The highest BCUT2D eigenvalue weighted by molar-refractivity contribution is 5.83. The van der Waals surface area contributed by atoms with E-state index in [0.29, 0.717) is 5.75 Å². The van der Waals surface area contributed by atoms with Crippen molar-refractivity contribution in [3.05, 3.63) is 59.7 Å². The van der Waals surface area contributed by atoms with Crippen LogP contribution in [0.15, 0.2) is 47.6 Å². The summed E-state index contributed by atoms with van der Waals surface area (Å²) in [6.45, 7) is 0. The first-order valence-electron chi connectivity index (χ1n) is 5.58. The van der Waals surface area contributed by atoms with Crippen molar-refractivity contribution in [1.29, 1.82) is 0 Å². The standard InChI is InChI=1S/C14H12F2N2O/c1-19-14-5-3-2-4-10(14)9-17-18-13-7-6-11(15)8-12(13)16/h2-9,18H,1H3/b17-9+. The Kier molecular flexibility index (Phi) is 4.07. The zero-order chi connectivity index (χ0) is 13.7. The van der Waals surface area contributed by atoms with Crippen LogP contribution >= 0.6 is 0 Å². The number of nitrogens with one attached hydrogen (secondary N) is 1. The summed E-state index contributed by atoms with van der Waals surface area (Å²) < 4.78 is 31.2. The van der Waals surface area contributed by atoms with Crippen molar-refractivity contribution in [2.75, 3.05) is 12.5 Å². The molecule has 3 nitrogen and oxygen atoms in total. The van der Waals surface area contributed by atoms with Crippen LogP contribution in [-0.2, 0) is 0 Å². The minimum atomic E-state index is -0.697. The van der Waals surface area contributed by atoms with E-state index in [-0.39, 0.29) is 5.69 Å². The maximum atomic E-state index is 13.3. The molecular formula is C14H12F2N2O. The minimum absolute atomic E-state index is 0.104. The highest BCUT2D eigenvalue weighted by Gasteiger charge is 2.02. The Balaban J connectivity index is 2.11. The fourth-order valence-corrected chi connectivity index (χ4v) is 1.52. The third kappa shape index (κ3) is 3.28. The second-order valence-corrected chi connectivity index (χ2v) is 3.74. The third-order valence-electron chi connectivity index (χ3n) is 2.46. The molecule has 0 aliphatic heterocycles. The lowest BCUT2D eigenvalue weighted by atomic mass is 10.2. The number of nitrogens with zero attached hydrogens (tertiary/aromatic N) is 1. The molecule has 0 amide bonds.